The average Bonchev–Trinajstić information content (AvgIpc) is 2.94. The zero-order valence-corrected chi connectivity index (χ0v) is 13.3. The third-order valence-electron chi connectivity index (χ3n) is 3.37. The monoisotopic (exact) mass is 289 g/mol. The van der Waals surface area contributed by atoms with Crippen LogP contribution in [-0.2, 0) is 5.75 Å². The minimum absolute atomic E-state index is 0.403. The molecule has 1 N–H and O–H groups in total. The summed E-state index contributed by atoms with van der Waals surface area (Å²) in [6, 6.07) is 11.1. The van der Waals surface area contributed by atoms with Crippen LogP contribution >= 0.6 is 11.8 Å². The van der Waals surface area contributed by atoms with Crippen molar-refractivity contribution in [2.75, 3.05) is 12.3 Å². The fourth-order valence-electron chi connectivity index (χ4n) is 2.31. The highest BCUT2D eigenvalue weighted by Crippen LogP contribution is 2.24. The number of aryl methyl sites for hydroxylation is 2. The van der Waals surface area contributed by atoms with Crippen LogP contribution in [0.25, 0.3) is 0 Å². The first-order chi connectivity index (χ1) is 9.70. The van der Waals surface area contributed by atoms with Gasteiger partial charge in [0.1, 0.15) is 5.76 Å². The van der Waals surface area contributed by atoms with E-state index in [4.69, 9.17) is 4.42 Å². The van der Waals surface area contributed by atoms with Gasteiger partial charge < -0.3 is 9.73 Å². The van der Waals surface area contributed by atoms with Crippen molar-refractivity contribution in [3.05, 3.63) is 59.0 Å². The third-order valence-corrected chi connectivity index (χ3v) is 4.43. The number of furan rings is 1. The Balaban J connectivity index is 2.00. The smallest absolute Gasteiger partial charge is 0.113 e. The van der Waals surface area contributed by atoms with Crippen LogP contribution in [0, 0.1) is 13.8 Å². The number of rotatable bonds is 7. The van der Waals surface area contributed by atoms with Crippen LogP contribution < -0.4 is 5.32 Å². The predicted molar refractivity (Wildman–Crippen MR) is 87.2 cm³/mol. The largest absolute Gasteiger partial charge is 0.468 e. The van der Waals surface area contributed by atoms with Gasteiger partial charge in [0.2, 0.25) is 0 Å². The zero-order valence-electron chi connectivity index (χ0n) is 12.5. The van der Waals surface area contributed by atoms with Gasteiger partial charge in [-0.15, -0.1) is 0 Å². The van der Waals surface area contributed by atoms with E-state index in [1.54, 1.807) is 6.26 Å². The molecule has 0 aliphatic carbocycles. The Kier molecular flexibility index (Phi) is 5.74. The Morgan fingerprint density at radius 2 is 2.10 bits per heavy atom. The van der Waals surface area contributed by atoms with Crippen molar-refractivity contribution in [1.82, 2.24) is 5.32 Å². The number of benzene rings is 1. The van der Waals surface area contributed by atoms with Gasteiger partial charge in [0.15, 0.2) is 0 Å². The van der Waals surface area contributed by atoms with Crippen LogP contribution in [0.1, 0.15) is 35.4 Å². The van der Waals surface area contributed by atoms with Crippen molar-refractivity contribution < 1.29 is 4.42 Å². The van der Waals surface area contributed by atoms with Crippen molar-refractivity contribution in [2.24, 2.45) is 0 Å². The molecule has 0 aliphatic heterocycles. The molecule has 0 fully saturated rings. The van der Waals surface area contributed by atoms with Crippen LogP contribution in [-0.4, -0.2) is 12.3 Å². The highest BCUT2D eigenvalue weighted by molar-refractivity contribution is 7.98. The number of nitrogens with one attached hydrogen (secondary N) is 1. The van der Waals surface area contributed by atoms with Crippen LogP contribution in [0.3, 0.4) is 0 Å². The highest BCUT2D eigenvalue weighted by atomic mass is 32.2. The summed E-state index contributed by atoms with van der Waals surface area (Å²) in [6.45, 7) is 7.49. The molecule has 1 aromatic carbocycles. The molecular weight excluding hydrogens is 266 g/mol. The van der Waals surface area contributed by atoms with Crippen molar-refractivity contribution >= 4 is 11.8 Å². The molecule has 0 amide bonds. The van der Waals surface area contributed by atoms with Gasteiger partial charge in [-0.2, -0.15) is 11.8 Å². The van der Waals surface area contributed by atoms with E-state index in [0.29, 0.717) is 6.04 Å². The fraction of sp³-hybridized carbons (Fsp3) is 0.412. The predicted octanol–water partition coefficient (Wildman–Crippen LogP) is 4.48. The van der Waals surface area contributed by atoms with Crippen molar-refractivity contribution in [1.29, 1.82) is 0 Å². The SMILES string of the molecule is CCNC(CSCc1ccco1)c1cc(C)ccc1C. The fourth-order valence-corrected chi connectivity index (χ4v) is 3.33. The first-order valence-corrected chi connectivity index (χ1v) is 8.27. The second-order valence-corrected chi connectivity index (χ2v) is 6.10. The second kappa shape index (κ2) is 7.55. The molecule has 1 unspecified atom stereocenters. The van der Waals surface area contributed by atoms with E-state index < -0.39 is 0 Å². The first kappa shape index (κ1) is 15.2. The molecule has 0 radical (unpaired) electrons. The first-order valence-electron chi connectivity index (χ1n) is 7.11. The van der Waals surface area contributed by atoms with E-state index in [1.165, 1.54) is 16.7 Å². The Morgan fingerprint density at radius 3 is 2.80 bits per heavy atom. The molecule has 2 rings (SSSR count). The second-order valence-electron chi connectivity index (χ2n) is 5.06. The van der Waals surface area contributed by atoms with Gasteiger partial charge in [-0.25, -0.2) is 0 Å². The maximum atomic E-state index is 5.38. The Hall–Kier alpha value is -1.19. The van der Waals surface area contributed by atoms with Crippen LogP contribution in [0.4, 0.5) is 0 Å². The quantitative estimate of drug-likeness (QED) is 0.813. The molecule has 108 valence electrons. The maximum Gasteiger partial charge on any atom is 0.113 e. The van der Waals surface area contributed by atoms with Gasteiger partial charge >= 0.3 is 0 Å². The summed E-state index contributed by atoms with van der Waals surface area (Å²) in [4.78, 5) is 0. The van der Waals surface area contributed by atoms with E-state index in [-0.39, 0.29) is 0 Å². The van der Waals surface area contributed by atoms with E-state index in [2.05, 4.69) is 44.3 Å². The lowest BCUT2D eigenvalue weighted by Gasteiger charge is -2.20. The summed E-state index contributed by atoms with van der Waals surface area (Å²) in [6.07, 6.45) is 1.74. The van der Waals surface area contributed by atoms with E-state index >= 15 is 0 Å². The van der Waals surface area contributed by atoms with Crippen molar-refractivity contribution in [2.45, 2.75) is 32.6 Å². The Labute approximate surface area is 126 Å². The average molecular weight is 289 g/mol. The van der Waals surface area contributed by atoms with Gasteiger partial charge in [0, 0.05) is 11.8 Å². The molecule has 2 aromatic rings. The van der Waals surface area contributed by atoms with Gasteiger partial charge in [-0.3, -0.25) is 0 Å². The Bertz CT molecular complexity index is 522. The summed E-state index contributed by atoms with van der Waals surface area (Å²) in [5.74, 6) is 3.03. The third kappa shape index (κ3) is 4.15. The molecule has 0 aliphatic rings. The van der Waals surface area contributed by atoms with Crippen molar-refractivity contribution in [3.8, 4) is 0 Å². The maximum absolute atomic E-state index is 5.38. The molecule has 0 saturated carbocycles. The molecule has 0 bridgehead atoms. The summed E-state index contributed by atoms with van der Waals surface area (Å²) in [5, 5.41) is 3.60. The van der Waals surface area contributed by atoms with Crippen LogP contribution in [0.15, 0.2) is 41.0 Å². The molecule has 1 heterocycles. The van der Waals surface area contributed by atoms with Crippen LogP contribution in [0.2, 0.25) is 0 Å². The normalized spacial score (nSPS) is 12.6. The molecular formula is C17H23NOS. The molecule has 0 spiro atoms. The van der Waals surface area contributed by atoms with Gasteiger partial charge in [0.05, 0.1) is 12.0 Å². The molecule has 1 aromatic heterocycles. The minimum atomic E-state index is 0.403. The summed E-state index contributed by atoms with van der Waals surface area (Å²) < 4.78 is 5.38. The zero-order chi connectivity index (χ0) is 14.4. The summed E-state index contributed by atoms with van der Waals surface area (Å²) in [5.41, 5.74) is 4.10. The molecule has 1 atom stereocenters. The number of hydrogen-bond donors (Lipinski definition) is 1. The Morgan fingerprint density at radius 1 is 1.25 bits per heavy atom. The topological polar surface area (TPSA) is 25.2 Å². The van der Waals surface area contributed by atoms with Gasteiger partial charge in [-0.1, -0.05) is 30.7 Å². The highest BCUT2D eigenvalue weighted by Gasteiger charge is 2.13. The molecule has 3 heteroatoms. The lowest BCUT2D eigenvalue weighted by atomic mass is 10.00. The van der Waals surface area contributed by atoms with E-state index in [0.717, 1.165) is 23.8 Å². The lowest BCUT2D eigenvalue weighted by molar-refractivity contribution is 0.530. The summed E-state index contributed by atoms with van der Waals surface area (Å²) >= 11 is 1.91. The van der Waals surface area contributed by atoms with Crippen LogP contribution in [0.5, 0.6) is 0 Å². The molecule has 20 heavy (non-hydrogen) atoms. The van der Waals surface area contributed by atoms with E-state index in [9.17, 15) is 0 Å². The standard InChI is InChI=1S/C17H23NOS/c1-4-18-17(12-20-11-15-6-5-9-19-15)16-10-13(2)7-8-14(16)3/h5-10,17-18H,4,11-12H2,1-3H3. The number of thioether (sulfide) groups is 1. The van der Waals surface area contributed by atoms with Gasteiger partial charge in [-0.05, 0) is 43.7 Å². The minimum Gasteiger partial charge on any atom is -0.468 e. The van der Waals surface area contributed by atoms with E-state index in [1.807, 2.05) is 23.9 Å². The van der Waals surface area contributed by atoms with Crippen molar-refractivity contribution in [3.63, 3.8) is 0 Å². The molecule has 2 nitrogen and oxygen atoms in total. The van der Waals surface area contributed by atoms with Gasteiger partial charge in [0.25, 0.3) is 0 Å². The summed E-state index contributed by atoms with van der Waals surface area (Å²) in [7, 11) is 0. The number of hydrogen-bond acceptors (Lipinski definition) is 3. The molecule has 0 saturated heterocycles. The lowest BCUT2D eigenvalue weighted by Crippen LogP contribution is -2.24.